The summed E-state index contributed by atoms with van der Waals surface area (Å²) < 4.78 is 0. The number of hydrogen-bond donors (Lipinski definition) is 0. The van der Waals surface area contributed by atoms with Gasteiger partial charge in [0.2, 0.25) is 0 Å². The maximum Gasteiger partial charge on any atom is 0.178 e. The van der Waals surface area contributed by atoms with Crippen LogP contribution in [0.5, 0.6) is 0 Å². The molecule has 0 spiro atoms. The lowest BCUT2D eigenvalue weighted by Gasteiger charge is -2.31. The highest BCUT2D eigenvalue weighted by Crippen LogP contribution is 2.36. The summed E-state index contributed by atoms with van der Waals surface area (Å²) in [5, 5.41) is 0. The molecule has 0 aromatic carbocycles. The van der Waals surface area contributed by atoms with E-state index in [1.54, 1.807) is 12.2 Å². The van der Waals surface area contributed by atoms with Gasteiger partial charge in [0.05, 0.1) is 0 Å². The van der Waals surface area contributed by atoms with Crippen molar-refractivity contribution in [2.75, 3.05) is 0 Å². The van der Waals surface area contributed by atoms with Gasteiger partial charge in [-0.05, 0) is 23.6 Å². The van der Waals surface area contributed by atoms with Crippen LogP contribution in [-0.4, -0.2) is 5.78 Å². The van der Waals surface area contributed by atoms with Crippen LogP contribution in [0.4, 0.5) is 0 Å². The Balaban J connectivity index is 2.06. The third kappa shape index (κ3) is 1.89. The van der Waals surface area contributed by atoms with E-state index >= 15 is 0 Å². The van der Waals surface area contributed by atoms with E-state index in [2.05, 4.69) is 36.5 Å². The van der Waals surface area contributed by atoms with Crippen molar-refractivity contribution in [3.05, 3.63) is 72.4 Å². The predicted octanol–water partition coefficient (Wildman–Crippen LogP) is 3.15. The van der Waals surface area contributed by atoms with Crippen molar-refractivity contribution in [1.29, 1.82) is 0 Å². The van der Waals surface area contributed by atoms with Crippen molar-refractivity contribution < 1.29 is 4.79 Å². The highest BCUT2D eigenvalue weighted by Gasteiger charge is 2.28. The fourth-order valence-electron chi connectivity index (χ4n) is 2.68. The van der Waals surface area contributed by atoms with Gasteiger partial charge in [-0.25, -0.2) is 0 Å². The van der Waals surface area contributed by atoms with Gasteiger partial charge in [0.15, 0.2) is 5.78 Å². The quantitative estimate of drug-likeness (QED) is 0.615. The Morgan fingerprint density at radius 2 is 1.65 bits per heavy atom. The van der Waals surface area contributed by atoms with Crippen molar-refractivity contribution in [1.82, 2.24) is 0 Å². The lowest BCUT2D eigenvalue weighted by Crippen LogP contribution is -2.23. The number of fused-ring (bicyclic) bond motifs is 3. The molecule has 0 amide bonds. The van der Waals surface area contributed by atoms with E-state index in [4.69, 9.17) is 0 Å². The summed E-state index contributed by atoms with van der Waals surface area (Å²) >= 11 is 0. The molecule has 3 atom stereocenters. The Morgan fingerprint density at radius 1 is 0.824 bits per heavy atom. The Morgan fingerprint density at radius 3 is 2.59 bits per heavy atom. The van der Waals surface area contributed by atoms with Gasteiger partial charge in [-0.15, -0.1) is 0 Å². The molecule has 0 saturated carbocycles. The van der Waals surface area contributed by atoms with Crippen LogP contribution >= 0.6 is 0 Å². The predicted molar refractivity (Wildman–Crippen MR) is 69.3 cm³/mol. The molecule has 3 aliphatic carbocycles. The molecule has 1 nitrogen and oxygen atoms in total. The fraction of sp³-hybridized carbons (Fsp3) is 0.188. The highest BCUT2D eigenvalue weighted by molar-refractivity contribution is 6.00. The van der Waals surface area contributed by atoms with Crippen LogP contribution in [0, 0.1) is 17.8 Å². The normalized spacial score (nSPS) is 33.8. The van der Waals surface area contributed by atoms with Gasteiger partial charge in [0.25, 0.3) is 0 Å². The van der Waals surface area contributed by atoms with Gasteiger partial charge in [0.1, 0.15) is 0 Å². The lowest BCUT2D eigenvalue weighted by atomic mass is 9.73. The Kier molecular flexibility index (Phi) is 2.52. The molecule has 0 bridgehead atoms. The first-order valence-electron chi connectivity index (χ1n) is 5.98. The zero-order chi connectivity index (χ0) is 11.7. The minimum absolute atomic E-state index is 0.0892. The topological polar surface area (TPSA) is 17.1 Å². The van der Waals surface area contributed by atoms with Crippen LogP contribution in [0.15, 0.2) is 72.4 Å². The van der Waals surface area contributed by atoms with Gasteiger partial charge in [-0.2, -0.15) is 0 Å². The van der Waals surface area contributed by atoms with E-state index in [9.17, 15) is 4.79 Å². The Labute approximate surface area is 101 Å². The monoisotopic (exact) mass is 222 g/mol. The van der Waals surface area contributed by atoms with E-state index in [1.165, 1.54) is 0 Å². The SMILES string of the molecule is O=C1C=CC2C=CC=CC2C2C=CC=CC2=C1. The summed E-state index contributed by atoms with van der Waals surface area (Å²) in [5.74, 6) is 1.16. The molecule has 0 N–H and O–H groups in total. The molecular weight excluding hydrogens is 208 g/mol. The summed E-state index contributed by atoms with van der Waals surface area (Å²) in [4.78, 5) is 11.7. The standard InChI is InChI=1S/C16H14O/c17-14-10-9-12-5-1-3-7-15(12)16-8-4-2-6-13(16)11-14/h1-12,15-16H. The number of rotatable bonds is 0. The fourth-order valence-corrected chi connectivity index (χ4v) is 2.68. The molecule has 0 aromatic rings. The van der Waals surface area contributed by atoms with Crippen LogP contribution in [0.1, 0.15) is 0 Å². The summed E-state index contributed by atoms with van der Waals surface area (Å²) in [7, 11) is 0. The van der Waals surface area contributed by atoms with E-state index < -0.39 is 0 Å². The molecule has 1 heteroatoms. The summed E-state index contributed by atoms with van der Waals surface area (Å²) in [6.07, 6.45) is 22.3. The molecule has 3 unspecified atom stereocenters. The van der Waals surface area contributed by atoms with Crippen LogP contribution in [0.25, 0.3) is 0 Å². The third-order valence-electron chi connectivity index (χ3n) is 3.53. The first-order chi connectivity index (χ1) is 8.34. The molecule has 0 fully saturated rings. The maximum absolute atomic E-state index is 11.7. The van der Waals surface area contributed by atoms with Crippen molar-refractivity contribution in [3.63, 3.8) is 0 Å². The van der Waals surface area contributed by atoms with Crippen molar-refractivity contribution in [3.8, 4) is 0 Å². The first-order valence-corrected chi connectivity index (χ1v) is 5.98. The average molecular weight is 222 g/mol. The second-order valence-electron chi connectivity index (χ2n) is 4.60. The minimum Gasteiger partial charge on any atom is -0.290 e. The molecule has 0 aliphatic heterocycles. The van der Waals surface area contributed by atoms with Crippen molar-refractivity contribution >= 4 is 5.78 Å². The van der Waals surface area contributed by atoms with Crippen molar-refractivity contribution in [2.24, 2.45) is 17.8 Å². The molecule has 0 saturated heterocycles. The Bertz CT molecular complexity index is 512. The van der Waals surface area contributed by atoms with Gasteiger partial charge < -0.3 is 0 Å². The van der Waals surface area contributed by atoms with Gasteiger partial charge in [-0.3, -0.25) is 4.79 Å². The maximum atomic E-state index is 11.7. The molecule has 0 aromatic heterocycles. The van der Waals surface area contributed by atoms with Crippen molar-refractivity contribution in [2.45, 2.75) is 0 Å². The number of carbonyl (C=O) groups is 1. The van der Waals surface area contributed by atoms with Crippen LogP contribution in [0.3, 0.4) is 0 Å². The molecule has 3 aliphatic rings. The third-order valence-corrected chi connectivity index (χ3v) is 3.53. The Hall–Kier alpha value is -1.89. The van der Waals surface area contributed by atoms with E-state index in [-0.39, 0.29) is 5.78 Å². The lowest BCUT2D eigenvalue weighted by molar-refractivity contribution is -0.110. The molecule has 17 heavy (non-hydrogen) atoms. The molecule has 84 valence electrons. The molecule has 0 heterocycles. The summed E-state index contributed by atoms with van der Waals surface area (Å²) in [5.41, 5.74) is 1.12. The molecule has 0 radical (unpaired) electrons. The summed E-state index contributed by atoms with van der Waals surface area (Å²) in [6, 6.07) is 0. The van der Waals surface area contributed by atoms with Gasteiger partial charge in [0, 0.05) is 11.8 Å². The second kappa shape index (κ2) is 4.17. The molecule has 3 rings (SSSR count). The molecular formula is C16H14O. The van der Waals surface area contributed by atoms with Gasteiger partial charge >= 0.3 is 0 Å². The number of ketones is 1. The van der Waals surface area contributed by atoms with Crippen LogP contribution in [0.2, 0.25) is 0 Å². The van der Waals surface area contributed by atoms with E-state index in [1.807, 2.05) is 18.2 Å². The number of hydrogen-bond acceptors (Lipinski definition) is 1. The van der Waals surface area contributed by atoms with E-state index in [0.717, 1.165) is 5.57 Å². The highest BCUT2D eigenvalue weighted by atomic mass is 16.1. The van der Waals surface area contributed by atoms with E-state index in [0.29, 0.717) is 17.8 Å². The summed E-state index contributed by atoms with van der Waals surface area (Å²) in [6.45, 7) is 0. The zero-order valence-corrected chi connectivity index (χ0v) is 9.49. The zero-order valence-electron chi connectivity index (χ0n) is 9.49. The number of carbonyl (C=O) groups excluding carboxylic acids is 1. The second-order valence-corrected chi connectivity index (χ2v) is 4.60. The number of allylic oxidation sites excluding steroid dienone is 12. The smallest absolute Gasteiger partial charge is 0.178 e. The average Bonchev–Trinajstić information content (AvgIpc) is 2.36. The first kappa shape index (κ1) is 10.3. The van der Waals surface area contributed by atoms with Crippen LogP contribution < -0.4 is 0 Å². The largest absolute Gasteiger partial charge is 0.290 e. The minimum atomic E-state index is 0.0892. The van der Waals surface area contributed by atoms with Crippen LogP contribution in [-0.2, 0) is 4.79 Å². The van der Waals surface area contributed by atoms with Gasteiger partial charge in [-0.1, -0.05) is 54.7 Å².